The van der Waals surface area contributed by atoms with E-state index in [4.69, 9.17) is 4.74 Å². The fourth-order valence-corrected chi connectivity index (χ4v) is 6.79. The molecule has 2 fully saturated rings. The first-order chi connectivity index (χ1) is 19.2. The molecule has 0 radical (unpaired) electrons. The van der Waals surface area contributed by atoms with E-state index >= 15 is 0 Å². The molecule has 40 heavy (non-hydrogen) atoms. The topological polar surface area (TPSA) is 163 Å². The molecule has 2 heterocycles. The average molecular weight is 598 g/mol. The number of hydrogen-bond donors (Lipinski definition) is 4. The lowest BCUT2D eigenvalue weighted by atomic mass is 9.91. The number of nitrogens with one attached hydrogen (secondary N) is 4. The van der Waals surface area contributed by atoms with Crippen LogP contribution in [-0.2, 0) is 33.5 Å². The van der Waals surface area contributed by atoms with Gasteiger partial charge in [-0.2, -0.15) is 0 Å². The van der Waals surface area contributed by atoms with E-state index < -0.39 is 53.8 Å². The van der Waals surface area contributed by atoms with E-state index in [0.29, 0.717) is 25.3 Å². The molecule has 0 unspecified atom stereocenters. The first-order valence-electron chi connectivity index (χ1n) is 13.7. The molecule has 1 saturated heterocycles. The second-order valence-corrected chi connectivity index (χ2v) is 12.6. The maximum atomic E-state index is 13.4. The highest BCUT2D eigenvalue weighted by Gasteiger charge is 2.48. The summed E-state index contributed by atoms with van der Waals surface area (Å²) in [6, 6.07) is -2.09. The Hall–Kier alpha value is -2.74. The van der Waals surface area contributed by atoms with Gasteiger partial charge < -0.3 is 30.9 Å². The number of ether oxygens (including phenoxy) is 1. The minimum atomic E-state index is -1.23. The van der Waals surface area contributed by atoms with Crippen LogP contribution in [-0.4, -0.2) is 95.8 Å². The van der Waals surface area contributed by atoms with Crippen molar-refractivity contribution in [3.63, 3.8) is 0 Å². The van der Waals surface area contributed by atoms with E-state index in [1.807, 2.05) is 19.9 Å². The second kappa shape index (κ2) is 15.3. The summed E-state index contributed by atoms with van der Waals surface area (Å²) in [6.45, 7) is 3.96. The van der Waals surface area contributed by atoms with Crippen LogP contribution in [0.2, 0.25) is 0 Å². The van der Waals surface area contributed by atoms with Gasteiger partial charge in [0.1, 0.15) is 24.2 Å². The van der Waals surface area contributed by atoms with Crippen molar-refractivity contribution in [1.29, 1.82) is 0 Å². The van der Waals surface area contributed by atoms with Gasteiger partial charge in [0, 0.05) is 36.9 Å². The zero-order valence-corrected chi connectivity index (χ0v) is 24.6. The summed E-state index contributed by atoms with van der Waals surface area (Å²) < 4.78 is 5.88. The highest BCUT2D eigenvalue weighted by atomic mass is 33.1. The van der Waals surface area contributed by atoms with Crippen molar-refractivity contribution in [3.8, 4) is 0 Å². The van der Waals surface area contributed by atoms with Gasteiger partial charge in [-0.3, -0.25) is 28.8 Å². The number of nitrogens with zero attached hydrogens (tertiary/aromatic N) is 1. The van der Waals surface area contributed by atoms with Crippen LogP contribution in [0.4, 0.5) is 0 Å². The van der Waals surface area contributed by atoms with Gasteiger partial charge in [-0.05, 0) is 45.6 Å². The number of allylic oxidation sites excluding steroid dienone is 1. The Morgan fingerprint density at radius 3 is 2.45 bits per heavy atom. The Bertz CT molecular complexity index is 1000. The van der Waals surface area contributed by atoms with Crippen LogP contribution in [0.5, 0.6) is 0 Å². The van der Waals surface area contributed by atoms with E-state index in [-0.39, 0.29) is 43.4 Å². The highest BCUT2D eigenvalue weighted by Crippen LogP contribution is 2.45. The summed E-state index contributed by atoms with van der Waals surface area (Å²) in [5.41, 5.74) is -1.23. The van der Waals surface area contributed by atoms with Gasteiger partial charge in [0.05, 0.1) is 13.0 Å². The fourth-order valence-electron chi connectivity index (χ4n) is 4.63. The molecule has 0 spiro atoms. The molecule has 14 heteroatoms. The number of rotatable bonds is 6. The molecule has 3 atom stereocenters. The third-order valence-electron chi connectivity index (χ3n) is 7.00. The minimum Gasteiger partial charge on any atom is -0.453 e. The summed E-state index contributed by atoms with van der Waals surface area (Å²) >= 11 is 0. The molecule has 222 valence electrons. The van der Waals surface area contributed by atoms with Crippen LogP contribution >= 0.6 is 21.6 Å². The van der Waals surface area contributed by atoms with E-state index in [1.54, 1.807) is 11.0 Å². The maximum Gasteiger partial charge on any atom is 0.326 e. The van der Waals surface area contributed by atoms with Crippen molar-refractivity contribution in [2.24, 2.45) is 5.92 Å². The number of amides is 5. The SMILES string of the molecule is CCN(CC)C(=O)CC[C@H]1NC(=O)C[C@]2(C3CC3)/C=C/CCSSC[C@@H](NC1=O)C(=O)NCC(=O)NCC(=O)O2. The third-order valence-corrected chi connectivity index (χ3v) is 9.44. The Kier molecular flexibility index (Phi) is 12.2. The zero-order chi connectivity index (χ0) is 29.1. The molecule has 0 aromatic carbocycles. The standard InChI is InChI=1S/C26H39N5O7S2/c1-3-31(4-2)22(34)10-9-18-25(37)30-19-16-40-39-12-6-5-11-26(17-7-8-17,13-20(32)29-18)38-23(35)15-27-21(33)14-28-24(19)36/h5,11,17-19H,3-4,6-10,12-16H2,1-2H3,(H,27,33)(H,28,36)(H,29,32)(H,30,37)/b11-5+/t18-,19-,26+/m1/s1. The second-order valence-electron chi connectivity index (χ2n) is 9.96. The Morgan fingerprint density at radius 1 is 1.00 bits per heavy atom. The van der Waals surface area contributed by atoms with E-state index in [1.165, 1.54) is 21.6 Å². The van der Waals surface area contributed by atoms with Gasteiger partial charge in [-0.1, -0.05) is 27.7 Å². The normalized spacial score (nSPS) is 28.2. The summed E-state index contributed by atoms with van der Waals surface area (Å²) in [7, 11) is 2.92. The van der Waals surface area contributed by atoms with Crippen molar-refractivity contribution < 1.29 is 33.5 Å². The molecule has 1 aliphatic carbocycles. The Balaban J connectivity index is 1.95. The summed E-state index contributed by atoms with van der Waals surface area (Å²) in [6.07, 6.45) is 5.64. The van der Waals surface area contributed by atoms with Crippen LogP contribution in [0.3, 0.4) is 0 Å². The molecule has 12 nitrogen and oxygen atoms in total. The molecule has 4 N–H and O–H groups in total. The predicted octanol–water partition coefficient (Wildman–Crippen LogP) is 0.274. The maximum absolute atomic E-state index is 13.4. The predicted molar refractivity (Wildman–Crippen MR) is 152 cm³/mol. The van der Waals surface area contributed by atoms with E-state index in [2.05, 4.69) is 21.3 Å². The van der Waals surface area contributed by atoms with Crippen LogP contribution < -0.4 is 21.3 Å². The van der Waals surface area contributed by atoms with Gasteiger partial charge in [0.25, 0.3) is 0 Å². The minimum absolute atomic E-state index is 0.0182. The summed E-state index contributed by atoms with van der Waals surface area (Å²) in [5, 5.41) is 10.4. The van der Waals surface area contributed by atoms with Crippen LogP contribution in [0.15, 0.2) is 12.2 Å². The van der Waals surface area contributed by atoms with E-state index in [9.17, 15) is 28.8 Å². The Morgan fingerprint density at radius 2 is 1.75 bits per heavy atom. The molecule has 3 aliphatic rings. The molecule has 2 aliphatic heterocycles. The fraction of sp³-hybridized carbons (Fsp3) is 0.692. The average Bonchev–Trinajstić information content (AvgIpc) is 3.77. The van der Waals surface area contributed by atoms with Crippen LogP contribution in [0.1, 0.15) is 52.4 Å². The lowest BCUT2D eigenvalue weighted by Crippen LogP contribution is -2.56. The molecular weight excluding hydrogens is 558 g/mol. The van der Waals surface area contributed by atoms with Crippen LogP contribution in [0, 0.1) is 5.92 Å². The number of hydrogen-bond acceptors (Lipinski definition) is 9. The van der Waals surface area contributed by atoms with Crippen LogP contribution in [0.25, 0.3) is 0 Å². The number of carbonyl (C=O) groups excluding carboxylic acids is 6. The Labute approximate surface area is 242 Å². The quantitative estimate of drug-likeness (QED) is 0.191. The molecule has 5 amide bonds. The molecule has 0 aromatic rings. The number of esters is 1. The van der Waals surface area contributed by atoms with Crippen molar-refractivity contribution in [2.45, 2.75) is 70.1 Å². The first-order valence-corrected chi connectivity index (χ1v) is 16.2. The molecule has 1 saturated carbocycles. The largest absolute Gasteiger partial charge is 0.453 e. The van der Waals surface area contributed by atoms with Gasteiger partial charge in [0.15, 0.2) is 0 Å². The first kappa shape index (κ1) is 31.8. The van der Waals surface area contributed by atoms with Gasteiger partial charge in [-0.25, -0.2) is 0 Å². The van der Waals surface area contributed by atoms with E-state index in [0.717, 1.165) is 12.8 Å². The lowest BCUT2D eigenvalue weighted by molar-refractivity contribution is -0.159. The third kappa shape index (κ3) is 9.43. The van der Waals surface area contributed by atoms with Crippen molar-refractivity contribution >= 4 is 57.1 Å². The molecule has 0 aromatic heterocycles. The number of carbonyl (C=O) groups is 6. The van der Waals surface area contributed by atoms with Gasteiger partial charge >= 0.3 is 5.97 Å². The smallest absolute Gasteiger partial charge is 0.326 e. The summed E-state index contributed by atoms with van der Waals surface area (Å²) in [4.78, 5) is 79.2. The van der Waals surface area contributed by atoms with Gasteiger partial charge in [-0.15, -0.1) is 0 Å². The molecule has 2 bridgehead atoms. The summed E-state index contributed by atoms with van der Waals surface area (Å²) in [5.74, 6) is -2.31. The molecule has 3 rings (SSSR count). The molecular formula is C26H39N5O7S2. The monoisotopic (exact) mass is 597 g/mol. The number of fused-ring (bicyclic) bond motifs is 7. The zero-order valence-electron chi connectivity index (χ0n) is 23.0. The highest BCUT2D eigenvalue weighted by molar-refractivity contribution is 8.76. The van der Waals surface area contributed by atoms with Gasteiger partial charge in [0.2, 0.25) is 29.5 Å². The van der Waals surface area contributed by atoms with Crippen molar-refractivity contribution in [2.75, 3.05) is 37.7 Å². The lowest BCUT2D eigenvalue weighted by Gasteiger charge is -2.32. The van der Waals surface area contributed by atoms with Crippen molar-refractivity contribution in [1.82, 2.24) is 26.2 Å². The van der Waals surface area contributed by atoms with Crippen molar-refractivity contribution in [3.05, 3.63) is 12.2 Å².